The standard InChI is InChI=1S/C24H27N3O2S/c1-17-5-3-8-22(18(17)2)26-23(28)14-21-16-30-24(25-21)20-7-4-6-19(13-20)15-27-9-11-29-12-10-27/h3-8,13,16H,9-12,14-15H2,1-2H3,(H,26,28). The molecule has 0 bridgehead atoms. The summed E-state index contributed by atoms with van der Waals surface area (Å²) in [6.45, 7) is 8.55. The summed E-state index contributed by atoms with van der Waals surface area (Å²) in [6.07, 6.45) is 0.275. The summed E-state index contributed by atoms with van der Waals surface area (Å²) in [5, 5.41) is 5.94. The molecule has 156 valence electrons. The van der Waals surface area contributed by atoms with Crippen LogP contribution in [0.2, 0.25) is 0 Å². The first-order chi connectivity index (χ1) is 14.6. The number of aryl methyl sites for hydroxylation is 1. The molecule has 0 radical (unpaired) electrons. The van der Waals surface area contributed by atoms with E-state index in [9.17, 15) is 4.79 Å². The molecule has 5 nitrogen and oxygen atoms in total. The molecular weight excluding hydrogens is 394 g/mol. The van der Waals surface area contributed by atoms with Gasteiger partial charge in [-0.05, 0) is 42.7 Å². The molecule has 1 saturated heterocycles. The van der Waals surface area contributed by atoms with Crippen molar-refractivity contribution in [3.05, 3.63) is 70.2 Å². The highest BCUT2D eigenvalue weighted by atomic mass is 32.1. The summed E-state index contributed by atoms with van der Waals surface area (Å²) in [7, 11) is 0. The van der Waals surface area contributed by atoms with Crippen molar-refractivity contribution in [1.29, 1.82) is 0 Å². The average Bonchev–Trinajstić information content (AvgIpc) is 3.21. The molecule has 2 heterocycles. The third-order valence-corrected chi connectivity index (χ3v) is 6.40. The molecule has 2 aromatic carbocycles. The first-order valence-electron chi connectivity index (χ1n) is 10.3. The monoisotopic (exact) mass is 421 g/mol. The van der Waals surface area contributed by atoms with E-state index >= 15 is 0 Å². The van der Waals surface area contributed by atoms with Gasteiger partial charge < -0.3 is 10.1 Å². The van der Waals surface area contributed by atoms with E-state index in [1.165, 1.54) is 11.1 Å². The summed E-state index contributed by atoms with van der Waals surface area (Å²) in [6, 6.07) is 14.5. The molecule has 0 spiro atoms. The molecule has 1 aromatic heterocycles. The Morgan fingerprint density at radius 2 is 1.97 bits per heavy atom. The Balaban J connectivity index is 1.40. The van der Waals surface area contributed by atoms with Crippen LogP contribution < -0.4 is 5.32 Å². The third kappa shape index (κ3) is 5.14. The highest BCUT2D eigenvalue weighted by Gasteiger charge is 2.13. The zero-order chi connectivity index (χ0) is 20.9. The van der Waals surface area contributed by atoms with Crippen molar-refractivity contribution < 1.29 is 9.53 Å². The van der Waals surface area contributed by atoms with Crippen LogP contribution in [0.5, 0.6) is 0 Å². The van der Waals surface area contributed by atoms with E-state index in [-0.39, 0.29) is 12.3 Å². The van der Waals surface area contributed by atoms with Crippen LogP contribution >= 0.6 is 11.3 Å². The molecule has 0 aliphatic carbocycles. The summed E-state index contributed by atoms with van der Waals surface area (Å²) in [5.74, 6) is -0.0402. The van der Waals surface area contributed by atoms with Crippen LogP contribution in [0.3, 0.4) is 0 Å². The predicted octanol–water partition coefficient (Wildman–Crippen LogP) is 4.44. The maximum atomic E-state index is 12.5. The highest BCUT2D eigenvalue weighted by Crippen LogP contribution is 2.26. The number of carbonyl (C=O) groups excluding carboxylic acids is 1. The first kappa shape index (κ1) is 20.7. The van der Waals surface area contributed by atoms with Gasteiger partial charge in [0.15, 0.2) is 0 Å². The molecule has 1 amide bonds. The van der Waals surface area contributed by atoms with Crippen molar-refractivity contribution in [3.63, 3.8) is 0 Å². The number of hydrogen-bond donors (Lipinski definition) is 1. The fourth-order valence-electron chi connectivity index (χ4n) is 3.59. The Bertz CT molecular complexity index is 1020. The van der Waals surface area contributed by atoms with Crippen molar-refractivity contribution in [2.45, 2.75) is 26.8 Å². The number of morpholine rings is 1. The summed E-state index contributed by atoms with van der Waals surface area (Å²) < 4.78 is 5.43. The lowest BCUT2D eigenvalue weighted by atomic mass is 10.1. The van der Waals surface area contributed by atoms with Crippen LogP contribution in [0.15, 0.2) is 47.8 Å². The van der Waals surface area contributed by atoms with Gasteiger partial charge in [0.25, 0.3) is 0 Å². The summed E-state index contributed by atoms with van der Waals surface area (Å²) >= 11 is 1.59. The Kier molecular flexibility index (Phi) is 6.57. The van der Waals surface area contributed by atoms with E-state index in [0.717, 1.165) is 60.4 Å². The summed E-state index contributed by atoms with van der Waals surface area (Å²) in [5.41, 5.74) is 6.32. The average molecular weight is 422 g/mol. The van der Waals surface area contributed by atoms with E-state index in [4.69, 9.17) is 9.72 Å². The van der Waals surface area contributed by atoms with E-state index < -0.39 is 0 Å². The molecule has 1 aliphatic rings. The fourth-order valence-corrected chi connectivity index (χ4v) is 4.40. The molecule has 0 unspecified atom stereocenters. The number of hydrogen-bond acceptors (Lipinski definition) is 5. The van der Waals surface area contributed by atoms with E-state index in [2.05, 4.69) is 34.5 Å². The van der Waals surface area contributed by atoms with E-state index in [0.29, 0.717) is 0 Å². The van der Waals surface area contributed by atoms with E-state index in [1.807, 2.05) is 37.4 Å². The lowest BCUT2D eigenvalue weighted by Crippen LogP contribution is -2.35. The minimum absolute atomic E-state index is 0.0402. The van der Waals surface area contributed by atoms with Crippen molar-refractivity contribution >= 4 is 22.9 Å². The van der Waals surface area contributed by atoms with Gasteiger partial charge in [-0.15, -0.1) is 11.3 Å². The molecule has 1 fully saturated rings. The molecule has 3 aromatic rings. The Hall–Kier alpha value is -2.54. The molecular formula is C24H27N3O2S. The van der Waals surface area contributed by atoms with Gasteiger partial charge in [0.2, 0.25) is 5.91 Å². The predicted molar refractivity (Wildman–Crippen MR) is 122 cm³/mol. The SMILES string of the molecule is Cc1cccc(NC(=O)Cc2csc(-c3cccc(CN4CCOCC4)c3)n2)c1C. The molecule has 6 heteroatoms. The van der Waals surface area contributed by atoms with Gasteiger partial charge in [-0.2, -0.15) is 0 Å². The topological polar surface area (TPSA) is 54.5 Å². The van der Waals surface area contributed by atoms with Gasteiger partial charge in [0.05, 0.1) is 25.3 Å². The minimum Gasteiger partial charge on any atom is -0.379 e. The van der Waals surface area contributed by atoms with Gasteiger partial charge in [0.1, 0.15) is 5.01 Å². The number of anilines is 1. The van der Waals surface area contributed by atoms with Crippen LogP contribution in [0.25, 0.3) is 10.6 Å². The minimum atomic E-state index is -0.0402. The highest BCUT2D eigenvalue weighted by molar-refractivity contribution is 7.13. The number of ether oxygens (including phenoxy) is 1. The number of benzene rings is 2. The van der Waals surface area contributed by atoms with E-state index in [1.54, 1.807) is 11.3 Å². The van der Waals surface area contributed by atoms with Crippen molar-refractivity contribution in [2.24, 2.45) is 0 Å². The van der Waals surface area contributed by atoms with Crippen LogP contribution in [0.4, 0.5) is 5.69 Å². The second-order valence-electron chi connectivity index (χ2n) is 7.71. The number of aromatic nitrogens is 1. The van der Waals surface area contributed by atoms with Gasteiger partial charge in [-0.25, -0.2) is 4.98 Å². The smallest absolute Gasteiger partial charge is 0.230 e. The largest absolute Gasteiger partial charge is 0.379 e. The van der Waals surface area contributed by atoms with Gasteiger partial charge in [0, 0.05) is 36.3 Å². The second-order valence-corrected chi connectivity index (χ2v) is 8.56. The normalized spacial score (nSPS) is 14.6. The number of carbonyl (C=O) groups is 1. The third-order valence-electron chi connectivity index (χ3n) is 5.46. The molecule has 4 rings (SSSR count). The van der Waals surface area contributed by atoms with Crippen molar-refractivity contribution in [2.75, 3.05) is 31.6 Å². The fraction of sp³-hybridized carbons (Fsp3) is 0.333. The summed E-state index contributed by atoms with van der Waals surface area (Å²) in [4.78, 5) is 19.6. The maximum Gasteiger partial charge on any atom is 0.230 e. The van der Waals surface area contributed by atoms with Crippen molar-refractivity contribution in [1.82, 2.24) is 9.88 Å². The number of thiazole rings is 1. The number of amides is 1. The molecule has 0 saturated carbocycles. The lowest BCUT2D eigenvalue weighted by molar-refractivity contribution is -0.115. The quantitative estimate of drug-likeness (QED) is 0.639. The van der Waals surface area contributed by atoms with Crippen LogP contribution in [-0.2, 0) is 22.5 Å². The van der Waals surface area contributed by atoms with Gasteiger partial charge in [-0.3, -0.25) is 9.69 Å². The zero-order valence-electron chi connectivity index (χ0n) is 17.5. The molecule has 1 N–H and O–H groups in total. The molecule has 1 aliphatic heterocycles. The van der Waals surface area contributed by atoms with Crippen LogP contribution in [0.1, 0.15) is 22.4 Å². The zero-order valence-corrected chi connectivity index (χ0v) is 18.3. The first-order valence-corrected chi connectivity index (χ1v) is 11.2. The van der Waals surface area contributed by atoms with Crippen LogP contribution in [-0.4, -0.2) is 42.1 Å². The van der Waals surface area contributed by atoms with Crippen LogP contribution in [0, 0.1) is 13.8 Å². The second kappa shape index (κ2) is 9.51. The van der Waals surface area contributed by atoms with Crippen molar-refractivity contribution in [3.8, 4) is 10.6 Å². The molecule has 30 heavy (non-hydrogen) atoms. The number of nitrogens with one attached hydrogen (secondary N) is 1. The molecule has 0 atom stereocenters. The lowest BCUT2D eigenvalue weighted by Gasteiger charge is -2.26. The maximum absolute atomic E-state index is 12.5. The Morgan fingerprint density at radius 1 is 1.17 bits per heavy atom. The Morgan fingerprint density at radius 3 is 2.80 bits per heavy atom. The van der Waals surface area contributed by atoms with Gasteiger partial charge in [-0.1, -0.05) is 30.3 Å². The van der Waals surface area contributed by atoms with Gasteiger partial charge >= 0.3 is 0 Å². The Labute approximate surface area is 181 Å². The number of rotatable bonds is 6. The number of nitrogens with zero attached hydrogens (tertiary/aromatic N) is 2.